The number of hydrogen-bond donors (Lipinski definition) is 1. The monoisotopic (exact) mass is 182 g/mol. The third-order valence-electron chi connectivity index (χ3n) is 3.28. The van der Waals surface area contributed by atoms with E-state index in [4.69, 9.17) is 5.11 Å². The Hall–Kier alpha value is -0.300. The van der Waals surface area contributed by atoms with Crippen molar-refractivity contribution in [2.45, 2.75) is 46.0 Å². The summed E-state index contributed by atoms with van der Waals surface area (Å²) in [6.07, 6.45) is 8.78. The molecule has 1 N–H and O–H groups in total. The van der Waals surface area contributed by atoms with Crippen LogP contribution in [0, 0.1) is 11.8 Å². The zero-order chi connectivity index (χ0) is 9.68. The Labute approximate surface area is 81.9 Å². The first-order chi connectivity index (χ1) is 6.27. The van der Waals surface area contributed by atoms with Gasteiger partial charge in [-0.15, -0.1) is 0 Å². The standard InChI is InChI=1S/C12H22O/c1-3-11(9-13)8-12-7-5-4-6-10(12)2/h8,10,12-13H,3-7,9H2,1-2H3/b11-8+. The van der Waals surface area contributed by atoms with E-state index in [1.807, 2.05) is 0 Å². The van der Waals surface area contributed by atoms with Crippen molar-refractivity contribution in [2.75, 3.05) is 6.61 Å². The van der Waals surface area contributed by atoms with Crippen molar-refractivity contribution in [3.05, 3.63) is 11.6 Å². The third kappa shape index (κ3) is 3.15. The molecule has 0 aromatic carbocycles. The van der Waals surface area contributed by atoms with Gasteiger partial charge in [-0.2, -0.15) is 0 Å². The van der Waals surface area contributed by atoms with Crippen molar-refractivity contribution in [2.24, 2.45) is 11.8 Å². The number of hydrogen-bond acceptors (Lipinski definition) is 1. The normalized spacial score (nSPS) is 30.5. The van der Waals surface area contributed by atoms with Gasteiger partial charge >= 0.3 is 0 Å². The van der Waals surface area contributed by atoms with Crippen LogP contribution in [0.25, 0.3) is 0 Å². The molecule has 0 spiro atoms. The largest absolute Gasteiger partial charge is 0.392 e. The Bertz CT molecular complexity index is 166. The molecule has 1 aliphatic carbocycles. The molecular weight excluding hydrogens is 160 g/mol. The summed E-state index contributed by atoms with van der Waals surface area (Å²) in [5.74, 6) is 1.55. The fraction of sp³-hybridized carbons (Fsp3) is 0.833. The summed E-state index contributed by atoms with van der Waals surface area (Å²) in [5, 5.41) is 9.07. The summed E-state index contributed by atoms with van der Waals surface area (Å²) in [6.45, 7) is 4.71. The summed E-state index contributed by atoms with van der Waals surface area (Å²) in [5.41, 5.74) is 1.22. The number of allylic oxidation sites excluding steroid dienone is 1. The Morgan fingerprint density at radius 3 is 2.62 bits per heavy atom. The lowest BCUT2D eigenvalue weighted by Gasteiger charge is -2.26. The summed E-state index contributed by atoms with van der Waals surface area (Å²) < 4.78 is 0. The third-order valence-corrected chi connectivity index (χ3v) is 3.28. The second-order valence-corrected chi connectivity index (χ2v) is 4.26. The second kappa shape index (κ2) is 5.43. The Kier molecular flexibility index (Phi) is 4.51. The summed E-state index contributed by atoms with van der Waals surface area (Å²) >= 11 is 0. The molecule has 0 aromatic heterocycles. The topological polar surface area (TPSA) is 20.2 Å². The van der Waals surface area contributed by atoms with Gasteiger partial charge in [-0.1, -0.05) is 39.2 Å². The van der Waals surface area contributed by atoms with Gasteiger partial charge in [-0.05, 0) is 30.3 Å². The average Bonchev–Trinajstić information content (AvgIpc) is 2.17. The Balaban J connectivity index is 2.53. The van der Waals surface area contributed by atoms with Crippen molar-refractivity contribution < 1.29 is 5.11 Å². The number of aliphatic hydroxyl groups excluding tert-OH is 1. The molecule has 1 nitrogen and oxygen atoms in total. The highest BCUT2D eigenvalue weighted by atomic mass is 16.3. The van der Waals surface area contributed by atoms with E-state index in [1.165, 1.54) is 31.3 Å². The molecular formula is C12H22O. The summed E-state index contributed by atoms with van der Waals surface area (Å²) in [6, 6.07) is 0. The van der Waals surface area contributed by atoms with Crippen LogP contribution < -0.4 is 0 Å². The maximum Gasteiger partial charge on any atom is 0.0641 e. The van der Waals surface area contributed by atoms with Crippen LogP contribution in [0.4, 0.5) is 0 Å². The van der Waals surface area contributed by atoms with E-state index in [-0.39, 0.29) is 6.61 Å². The van der Waals surface area contributed by atoms with Gasteiger partial charge in [0.1, 0.15) is 0 Å². The number of rotatable bonds is 3. The SMILES string of the molecule is CC/C(=C\C1CCCCC1C)CO. The molecule has 1 fully saturated rings. The fourth-order valence-corrected chi connectivity index (χ4v) is 2.18. The zero-order valence-electron chi connectivity index (χ0n) is 8.92. The summed E-state index contributed by atoms with van der Waals surface area (Å²) in [4.78, 5) is 0. The number of aliphatic hydroxyl groups is 1. The predicted molar refractivity (Wildman–Crippen MR) is 56.6 cm³/mol. The quantitative estimate of drug-likeness (QED) is 0.665. The second-order valence-electron chi connectivity index (χ2n) is 4.26. The highest BCUT2D eigenvalue weighted by Gasteiger charge is 2.19. The van der Waals surface area contributed by atoms with E-state index in [0.717, 1.165) is 18.3 Å². The van der Waals surface area contributed by atoms with Crippen LogP contribution in [0.2, 0.25) is 0 Å². The smallest absolute Gasteiger partial charge is 0.0641 e. The maximum atomic E-state index is 9.07. The van der Waals surface area contributed by atoms with Crippen LogP contribution in [0.15, 0.2) is 11.6 Å². The molecule has 0 aliphatic heterocycles. The lowest BCUT2D eigenvalue weighted by Crippen LogP contribution is -2.15. The van der Waals surface area contributed by atoms with Crippen molar-refractivity contribution in [1.82, 2.24) is 0 Å². The lowest BCUT2D eigenvalue weighted by atomic mass is 9.79. The van der Waals surface area contributed by atoms with E-state index in [2.05, 4.69) is 19.9 Å². The van der Waals surface area contributed by atoms with Gasteiger partial charge < -0.3 is 5.11 Å². The molecule has 1 saturated carbocycles. The highest BCUT2D eigenvalue weighted by molar-refractivity contribution is 5.05. The van der Waals surface area contributed by atoms with E-state index >= 15 is 0 Å². The van der Waals surface area contributed by atoms with Gasteiger partial charge in [0.25, 0.3) is 0 Å². The van der Waals surface area contributed by atoms with Crippen LogP contribution in [0.5, 0.6) is 0 Å². The zero-order valence-corrected chi connectivity index (χ0v) is 8.92. The predicted octanol–water partition coefficient (Wildman–Crippen LogP) is 3.14. The van der Waals surface area contributed by atoms with Gasteiger partial charge in [-0.25, -0.2) is 0 Å². The lowest BCUT2D eigenvalue weighted by molar-refractivity contribution is 0.295. The van der Waals surface area contributed by atoms with Gasteiger partial charge in [-0.3, -0.25) is 0 Å². The molecule has 0 heterocycles. The molecule has 1 rings (SSSR count). The van der Waals surface area contributed by atoms with Crippen LogP contribution >= 0.6 is 0 Å². The van der Waals surface area contributed by atoms with Crippen LogP contribution in [-0.4, -0.2) is 11.7 Å². The van der Waals surface area contributed by atoms with Crippen LogP contribution in [0.3, 0.4) is 0 Å². The first-order valence-corrected chi connectivity index (χ1v) is 5.58. The molecule has 0 amide bonds. The molecule has 2 unspecified atom stereocenters. The van der Waals surface area contributed by atoms with Crippen LogP contribution in [0.1, 0.15) is 46.0 Å². The van der Waals surface area contributed by atoms with Gasteiger partial charge in [0.2, 0.25) is 0 Å². The van der Waals surface area contributed by atoms with E-state index in [9.17, 15) is 0 Å². The highest BCUT2D eigenvalue weighted by Crippen LogP contribution is 2.31. The minimum absolute atomic E-state index is 0.250. The maximum absolute atomic E-state index is 9.07. The Morgan fingerprint density at radius 1 is 1.38 bits per heavy atom. The fourth-order valence-electron chi connectivity index (χ4n) is 2.18. The van der Waals surface area contributed by atoms with Gasteiger partial charge in [0, 0.05) is 0 Å². The van der Waals surface area contributed by atoms with Crippen molar-refractivity contribution >= 4 is 0 Å². The molecule has 0 aromatic rings. The van der Waals surface area contributed by atoms with Crippen molar-refractivity contribution in [1.29, 1.82) is 0 Å². The minimum atomic E-state index is 0.250. The van der Waals surface area contributed by atoms with Crippen molar-refractivity contribution in [3.8, 4) is 0 Å². The molecule has 0 radical (unpaired) electrons. The molecule has 1 aliphatic rings. The van der Waals surface area contributed by atoms with E-state index < -0.39 is 0 Å². The van der Waals surface area contributed by atoms with Gasteiger partial charge in [0.05, 0.1) is 6.61 Å². The molecule has 76 valence electrons. The first-order valence-electron chi connectivity index (χ1n) is 5.58. The first kappa shape index (κ1) is 10.8. The average molecular weight is 182 g/mol. The molecule has 0 bridgehead atoms. The van der Waals surface area contributed by atoms with E-state index in [0.29, 0.717) is 0 Å². The summed E-state index contributed by atoms with van der Waals surface area (Å²) in [7, 11) is 0. The van der Waals surface area contributed by atoms with Crippen LogP contribution in [-0.2, 0) is 0 Å². The molecule has 0 saturated heterocycles. The minimum Gasteiger partial charge on any atom is -0.392 e. The Morgan fingerprint density at radius 2 is 2.08 bits per heavy atom. The van der Waals surface area contributed by atoms with Gasteiger partial charge in [0.15, 0.2) is 0 Å². The van der Waals surface area contributed by atoms with Crippen molar-refractivity contribution in [3.63, 3.8) is 0 Å². The van der Waals surface area contributed by atoms with E-state index in [1.54, 1.807) is 0 Å². The molecule has 13 heavy (non-hydrogen) atoms. The molecule has 2 atom stereocenters. The molecule has 1 heteroatoms.